The molecule has 0 fully saturated rings. The highest BCUT2D eigenvalue weighted by atomic mass is 32.2. The van der Waals surface area contributed by atoms with Gasteiger partial charge in [-0.25, -0.2) is 0 Å². The molecule has 1 unspecified atom stereocenters. The normalized spacial score (nSPS) is 15.4. The van der Waals surface area contributed by atoms with Crippen LogP contribution in [0.5, 0.6) is 23.0 Å². The Labute approximate surface area is 205 Å². The Bertz CT molecular complexity index is 1150. The van der Waals surface area contributed by atoms with Crippen molar-refractivity contribution in [2.75, 3.05) is 27.3 Å². The lowest BCUT2D eigenvalue weighted by Gasteiger charge is -2.34. The quantitative estimate of drug-likeness (QED) is 0.223. The van der Waals surface area contributed by atoms with Gasteiger partial charge in [-0.05, 0) is 25.5 Å². The van der Waals surface area contributed by atoms with Gasteiger partial charge in [-0.3, -0.25) is 5.32 Å². The van der Waals surface area contributed by atoms with Crippen LogP contribution in [0, 0.1) is 0 Å². The second-order valence-corrected chi connectivity index (χ2v) is 9.83. The molecule has 0 bridgehead atoms. The third-order valence-corrected chi connectivity index (χ3v) is 6.12. The summed E-state index contributed by atoms with van der Waals surface area (Å²) in [6.45, 7) is 1.61. The van der Waals surface area contributed by atoms with E-state index in [1.54, 1.807) is 44.2 Å². The number of fused-ring (bicyclic) bond motifs is 1. The third kappa shape index (κ3) is 5.95. The van der Waals surface area contributed by atoms with Gasteiger partial charge in [0, 0.05) is 12.7 Å². The lowest BCUT2D eigenvalue weighted by molar-refractivity contribution is -0.0501. The van der Waals surface area contributed by atoms with Crippen LogP contribution < -0.4 is 23.7 Å². The minimum atomic E-state index is -6.09. The minimum absolute atomic E-state index is 0.151. The van der Waals surface area contributed by atoms with Gasteiger partial charge in [-0.1, -0.05) is 30.3 Å². The van der Waals surface area contributed by atoms with E-state index in [0.29, 0.717) is 5.56 Å². The molecule has 2 atom stereocenters. The fourth-order valence-corrected chi connectivity index (χ4v) is 4.04. The molecule has 14 heteroatoms. The largest absolute Gasteiger partial charge is 0.534 e. The summed E-state index contributed by atoms with van der Waals surface area (Å²) in [4.78, 5) is 0. The fourth-order valence-electron chi connectivity index (χ4n) is 3.57. The molecule has 1 aliphatic rings. The maximum Gasteiger partial charge on any atom is 0.534 e. The van der Waals surface area contributed by atoms with Crippen LogP contribution in [-0.4, -0.2) is 57.0 Å². The zero-order chi connectivity index (χ0) is 26.7. The van der Waals surface area contributed by atoms with Crippen LogP contribution in [0.25, 0.3) is 0 Å². The van der Waals surface area contributed by atoms with E-state index >= 15 is 0 Å². The molecule has 0 spiro atoms. The zero-order valence-electron chi connectivity index (χ0n) is 19.5. The highest BCUT2D eigenvalue weighted by molar-refractivity contribution is 7.88. The van der Waals surface area contributed by atoms with Gasteiger partial charge in [0.15, 0.2) is 18.3 Å². The van der Waals surface area contributed by atoms with Crippen molar-refractivity contribution >= 4 is 10.1 Å². The molecule has 1 heterocycles. The standard InChI is InChI=1S/C22H26F3NO9S/c1-21(2,28)20(13-7-5-4-6-8-13)26-15(10-27)14-9-16(32-11-31-3)18(19-17(14)33-12-34-19)35-36(29,30)22(23,24)25/h4-9,15,20,26-28H,10-12H2,1-3H3/t15?,20-/m1/s1. The summed E-state index contributed by atoms with van der Waals surface area (Å²) >= 11 is 0. The van der Waals surface area contributed by atoms with Crippen LogP contribution in [0.4, 0.5) is 13.2 Å². The molecule has 1 aliphatic heterocycles. The lowest BCUT2D eigenvalue weighted by Crippen LogP contribution is -2.42. The van der Waals surface area contributed by atoms with Gasteiger partial charge in [0.25, 0.3) is 0 Å². The molecule has 0 saturated carbocycles. The molecule has 200 valence electrons. The number of aliphatic hydroxyl groups is 2. The summed E-state index contributed by atoms with van der Waals surface area (Å²) in [5, 5.41) is 24.1. The van der Waals surface area contributed by atoms with Crippen molar-refractivity contribution in [1.29, 1.82) is 0 Å². The average molecular weight is 538 g/mol. The summed E-state index contributed by atoms with van der Waals surface area (Å²) in [6.07, 6.45) is 0. The van der Waals surface area contributed by atoms with Crippen LogP contribution in [0.2, 0.25) is 0 Å². The Morgan fingerprint density at radius 2 is 1.78 bits per heavy atom. The van der Waals surface area contributed by atoms with Gasteiger partial charge in [-0.2, -0.15) is 21.6 Å². The van der Waals surface area contributed by atoms with Crippen molar-refractivity contribution in [2.24, 2.45) is 0 Å². The average Bonchev–Trinajstić information content (AvgIpc) is 3.28. The number of methoxy groups -OCH3 is 1. The second-order valence-electron chi connectivity index (χ2n) is 8.29. The first-order valence-electron chi connectivity index (χ1n) is 10.5. The minimum Gasteiger partial charge on any atom is -0.463 e. The van der Waals surface area contributed by atoms with Crippen molar-refractivity contribution in [3.8, 4) is 23.0 Å². The first-order valence-corrected chi connectivity index (χ1v) is 11.9. The van der Waals surface area contributed by atoms with E-state index in [4.69, 9.17) is 18.9 Å². The molecule has 0 saturated heterocycles. The van der Waals surface area contributed by atoms with Crippen molar-refractivity contribution in [1.82, 2.24) is 5.32 Å². The van der Waals surface area contributed by atoms with Gasteiger partial charge >= 0.3 is 15.6 Å². The summed E-state index contributed by atoms with van der Waals surface area (Å²) in [5.41, 5.74) is -6.21. The van der Waals surface area contributed by atoms with E-state index < -0.39 is 70.8 Å². The van der Waals surface area contributed by atoms with Gasteiger partial charge in [0.2, 0.25) is 18.3 Å². The van der Waals surface area contributed by atoms with Gasteiger partial charge < -0.3 is 33.3 Å². The number of rotatable bonds is 11. The van der Waals surface area contributed by atoms with E-state index in [0.717, 1.165) is 6.07 Å². The SMILES string of the molecule is COCOc1cc(C(CO)N[C@H](c2ccccc2)C(C)(C)O)c2c(c1OS(=O)(=O)C(F)(F)F)OCO2. The number of ether oxygens (including phenoxy) is 4. The van der Waals surface area contributed by atoms with Crippen molar-refractivity contribution in [2.45, 2.75) is 37.0 Å². The number of benzene rings is 2. The van der Waals surface area contributed by atoms with E-state index in [1.807, 2.05) is 0 Å². The van der Waals surface area contributed by atoms with Gasteiger partial charge in [0.1, 0.15) is 0 Å². The molecule has 0 aliphatic carbocycles. The van der Waals surface area contributed by atoms with Crippen LogP contribution in [0.3, 0.4) is 0 Å². The van der Waals surface area contributed by atoms with Crippen molar-refractivity contribution < 1.29 is 54.9 Å². The van der Waals surface area contributed by atoms with Crippen LogP contribution in [0.1, 0.15) is 37.1 Å². The fraction of sp³-hybridized carbons (Fsp3) is 0.455. The monoisotopic (exact) mass is 537 g/mol. The molecule has 36 heavy (non-hydrogen) atoms. The third-order valence-electron chi connectivity index (χ3n) is 5.17. The maximum atomic E-state index is 13.0. The van der Waals surface area contributed by atoms with E-state index in [2.05, 4.69) is 9.50 Å². The van der Waals surface area contributed by atoms with Crippen LogP contribution >= 0.6 is 0 Å². The number of hydrogen-bond acceptors (Lipinski definition) is 10. The Kier molecular flexibility index (Phi) is 8.25. The molecule has 2 aromatic carbocycles. The number of halogens is 3. The summed E-state index contributed by atoms with van der Waals surface area (Å²) in [5.74, 6) is -1.99. The van der Waals surface area contributed by atoms with E-state index in [9.17, 15) is 31.8 Å². The van der Waals surface area contributed by atoms with E-state index in [-0.39, 0.29) is 11.3 Å². The number of nitrogens with one attached hydrogen (secondary N) is 1. The first kappa shape index (κ1) is 27.8. The van der Waals surface area contributed by atoms with Gasteiger partial charge in [0.05, 0.1) is 24.3 Å². The second kappa shape index (κ2) is 10.7. The topological polar surface area (TPSA) is 133 Å². The highest BCUT2D eigenvalue weighted by Gasteiger charge is 2.50. The molecule has 3 N–H and O–H groups in total. The summed E-state index contributed by atoms with van der Waals surface area (Å²) in [6, 6.07) is 8.30. The number of hydrogen-bond donors (Lipinski definition) is 3. The van der Waals surface area contributed by atoms with Crippen LogP contribution in [0.15, 0.2) is 36.4 Å². The lowest BCUT2D eigenvalue weighted by atomic mass is 9.90. The molecular weight excluding hydrogens is 511 g/mol. The maximum absolute atomic E-state index is 13.0. The molecule has 0 amide bonds. The first-order chi connectivity index (χ1) is 16.8. The van der Waals surface area contributed by atoms with E-state index in [1.165, 1.54) is 7.11 Å². The Hall–Kier alpha value is -2.78. The summed E-state index contributed by atoms with van der Waals surface area (Å²) in [7, 11) is -4.84. The smallest absolute Gasteiger partial charge is 0.463 e. The number of aliphatic hydroxyl groups excluding tert-OH is 1. The molecule has 0 aromatic heterocycles. The Balaban J connectivity index is 2.11. The van der Waals surface area contributed by atoms with Gasteiger partial charge in [-0.15, -0.1) is 0 Å². The highest BCUT2D eigenvalue weighted by Crippen LogP contribution is 2.52. The van der Waals surface area contributed by atoms with Crippen molar-refractivity contribution in [3.63, 3.8) is 0 Å². The number of alkyl halides is 3. The molecule has 10 nitrogen and oxygen atoms in total. The summed E-state index contributed by atoms with van der Waals surface area (Å²) < 4.78 is 87.6. The molecule has 2 aromatic rings. The van der Waals surface area contributed by atoms with Crippen LogP contribution in [-0.2, 0) is 14.9 Å². The zero-order valence-corrected chi connectivity index (χ0v) is 20.4. The molecule has 0 radical (unpaired) electrons. The molecular formula is C22H26F3NO9S. The predicted molar refractivity (Wildman–Crippen MR) is 119 cm³/mol. The predicted octanol–water partition coefficient (Wildman–Crippen LogP) is 2.76. The Morgan fingerprint density at radius 1 is 1.14 bits per heavy atom. The van der Waals surface area contributed by atoms with Crippen molar-refractivity contribution in [3.05, 3.63) is 47.5 Å². The molecule has 3 rings (SSSR count). The Morgan fingerprint density at radius 3 is 2.33 bits per heavy atom.